The van der Waals surface area contributed by atoms with E-state index in [0.29, 0.717) is 18.5 Å². The minimum Gasteiger partial charge on any atom is -0.393 e. The lowest BCUT2D eigenvalue weighted by Gasteiger charge is -2.08. The summed E-state index contributed by atoms with van der Waals surface area (Å²) in [5, 5.41) is 11.9. The number of aliphatic hydroxyl groups excluding tert-OH is 1. The molecule has 0 saturated heterocycles. The molecule has 0 spiro atoms. The summed E-state index contributed by atoms with van der Waals surface area (Å²) in [6.07, 6.45) is 0.204. The smallest absolute Gasteiger partial charge is 0.251 e. The average molecular weight is 221 g/mol. The van der Waals surface area contributed by atoms with Crippen LogP contribution in [0.1, 0.15) is 34.8 Å². The lowest BCUT2D eigenvalue weighted by Crippen LogP contribution is -2.26. The second kappa shape index (κ2) is 5.66. The molecule has 0 bridgehead atoms. The molecule has 1 unspecified atom stereocenters. The molecular formula is C13H19NO2. The molecule has 3 nitrogen and oxygen atoms in total. The fourth-order valence-electron chi connectivity index (χ4n) is 1.60. The van der Waals surface area contributed by atoms with Gasteiger partial charge in [-0.2, -0.15) is 0 Å². The van der Waals surface area contributed by atoms with Gasteiger partial charge in [0.25, 0.3) is 5.91 Å². The maximum Gasteiger partial charge on any atom is 0.251 e. The van der Waals surface area contributed by atoms with Gasteiger partial charge in [0, 0.05) is 12.1 Å². The van der Waals surface area contributed by atoms with Crippen LogP contribution in [0.2, 0.25) is 0 Å². The Kier molecular flexibility index (Phi) is 4.50. The molecule has 0 radical (unpaired) electrons. The molecule has 16 heavy (non-hydrogen) atoms. The zero-order chi connectivity index (χ0) is 12.1. The van der Waals surface area contributed by atoms with Crippen LogP contribution < -0.4 is 5.32 Å². The fourth-order valence-corrected chi connectivity index (χ4v) is 1.60. The molecule has 88 valence electrons. The van der Waals surface area contributed by atoms with E-state index in [1.807, 2.05) is 32.0 Å². The van der Waals surface area contributed by atoms with Crippen molar-refractivity contribution in [3.05, 3.63) is 34.9 Å². The van der Waals surface area contributed by atoms with E-state index in [1.54, 1.807) is 6.92 Å². The maximum absolute atomic E-state index is 11.7. The highest BCUT2D eigenvalue weighted by Crippen LogP contribution is 2.08. The van der Waals surface area contributed by atoms with Gasteiger partial charge < -0.3 is 10.4 Å². The normalized spacial score (nSPS) is 12.2. The van der Waals surface area contributed by atoms with Crippen molar-refractivity contribution in [2.45, 2.75) is 33.3 Å². The van der Waals surface area contributed by atoms with Crippen LogP contribution in [0.3, 0.4) is 0 Å². The molecule has 0 aliphatic heterocycles. The van der Waals surface area contributed by atoms with Gasteiger partial charge in [0.05, 0.1) is 6.10 Å². The van der Waals surface area contributed by atoms with Gasteiger partial charge >= 0.3 is 0 Å². The number of aliphatic hydroxyl groups is 1. The van der Waals surface area contributed by atoms with Crippen LogP contribution in [0.15, 0.2) is 18.2 Å². The van der Waals surface area contributed by atoms with Gasteiger partial charge in [0.2, 0.25) is 0 Å². The van der Waals surface area contributed by atoms with Gasteiger partial charge in [-0.3, -0.25) is 4.79 Å². The lowest BCUT2D eigenvalue weighted by atomic mass is 10.1. The van der Waals surface area contributed by atoms with Crippen LogP contribution in [-0.2, 0) is 0 Å². The number of amides is 1. The summed E-state index contributed by atoms with van der Waals surface area (Å²) < 4.78 is 0. The summed E-state index contributed by atoms with van der Waals surface area (Å²) in [5.74, 6) is -0.0764. The highest BCUT2D eigenvalue weighted by molar-refractivity contribution is 5.94. The van der Waals surface area contributed by atoms with Crippen molar-refractivity contribution in [1.82, 2.24) is 5.32 Å². The molecular weight excluding hydrogens is 202 g/mol. The molecule has 1 aromatic carbocycles. The zero-order valence-electron chi connectivity index (χ0n) is 10.1. The van der Waals surface area contributed by atoms with Gasteiger partial charge in [-0.25, -0.2) is 0 Å². The van der Waals surface area contributed by atoms with E-state index in [1.165, 1.54) is 0 Å². The Hall–Kier alpha value is -1.35. The van der Waals surface area contributed by atoms with Gasteiger partial charge in [-0.15, -0.1) is 0 Å². The SMILES string of the molecule is Cc1cc(C)cc(C(=O)NCCC(C)O)c1. The predicted molar refractivity (Wildman–Crippen MR) is 64.5 cm³/mol. The first-order valence-corrected chi connectivity index (χ1v) is 5.53. The lowest BCUT2D eigenvalue weighted by molar-refractivity contribution is 0.0945. The van der Waals surface area contributed by atoms with Crippen molar-refractivity contribution in [2.24, 2.45) is 0 Å². The molecule has 3 heteroatoms. The summed E-state index contributed by atoms with van der Waals surface area (Å²) in [6.45, 7) is 6.16. The Labute approximate surface area is 96.5 Å². The maximum atomic E-state index is 11.7. The summed E-state index contributed by atoms with van der Waals surface area (Å²) in [6, 6.07) is 5.77. The van der Waals surface area contributed by atoms with Crippen molar-refractivity contribution >= 4 is 5.91 Å². The number of carbonyl (C=O) groups is 1. The Bertz CT molecular complexity index is 352. The molecule has 0 fully saturated rings. The third-order valence-electron chi connectivity index (χ3n) is 2.33. The Morgan fingerprint density at radius 3 is 2.38 bits per heavy atom. The van der Waals surface area contributed by atoms with E-state index < -0.39 is 0 Å². The number of hydrogen-bond acceptors (Lipinski definition) is 2. The van der Waals surface area contributed by atoms with Gasteiger partial charge in [-0.05, 0) is 39.3 Å². The third kappa shape index (κ3) is 4.03. The fraction of sp³-hybridized carbons (Fsp3) is 0.462. The molecule has 0 aromatic heterocycles. The second-order valence-electron chi connectivity index (χ2n) is 4.27. The van der Waals surface area contributed by atoms with Crippen LogP contribution in [0.5, 0.6) is 0 Å². The standard InChI is InChI=1S/C13H19NO2/c1-9-6-10(2)8-12(7-9)13(16)14-5-4-11(3)15/h6-8,11,15H,4-5H2,1-3H3,(H,14,16). The molecule has 0 saturated carbocycles. The van der Waals surface area contributed by atoms with Crippen LogP contribution in [-0.4, -0.2) is 23.7 Å². The van der Waals surface area contributed by atoms with Crippen molar-refractivity contribution in [2.75, 3.05) is 6.54 Å². The zero-order valence-corrected chi connectivity index (χ0v) is 10.1. The molecule has 2 N–H and O–H groups in total. The van der Waals surface area contributed by atoms with E-state index in [-0.39, 0.29) is 12.0 Å². The van der Waals surface area contributed by atoms with E-state index in [4.69, 9.17) is 5.11 Å². The number of carbonyl (C=O) groups excluding carboxylic acids is 1. The van der Waals surface area contributed by atoms with E-state index >= 15 is 0 Å². The number of aryl methyl sites for hydroxylation is 2. The third-order valence-corrected chi connectivity index (χ3v) is 2.33. The number of benzene rings is 1. The first-order chi connectivity index (χ1) is 7.49. The molecule has 1 atom stereocenters. The summed E-state index contributed by atoms with van der Waals surface area (Å²) in [4.78, 5) is 11.7. The Morgan fingerprint density at radius 1 is 1.31 bits per heavy atom. The second-order valence-corrected chi connectivity index (χ2v) is 4.27. The van der Waals surface area contributed by atoms with Crippen LogP contribution >= 0.6 is 0 Å². The van der Waals surface area contributed by atoms with Gasteiger partial charge in [-0.1, -0.05) is 17.2 Å². The molecule has 0 aliphatic rings. The van der Waals surface area contributed by atoms with Crippen molar-refractivity contribution in [1.29, 1.82) is 0 Å². The van der Waals surface area contributed by atoms with Crippen LogP contribution in [0, 0.1) is 13.8 Å². The molecule has 1 rings (SSSR count). The Morgan fingerprint density at radius 2 is 1.88 bits per heavy atom. The van der Waals surface area contributed by atoms with Crippen LogP contribution in [0.25, 0.3) is 0 Å². The number of nitrogens with one attached hydrogen (secondary N) is 1. The predicted octanol–water partition coefficient (Wildman–Crippen LogP) is 1.80. The number of hydrogen-bond donors (Lipinski definition) is 2. The van der Waals surface area contributed by atoms with Crippen LogP contribution in [0.4, 0.5) is 0 Å². The topological polar surface area (TPSA) is 49.3 Å². The highest BCUT2D eigenvalue weighted by Gasteiger charge is 2.06. The molecule has 0 aliphatic carbocycles. The molecule has 0 heterocycles. The van der Waals surface area contributed by atoms with E-state index in [2.05, 4.69) is 5.32 Å². The summed E-state index contributed by atoms with van der Waals surface area (Å²) in [5.41, 5.74) is 2.85. The van der Waals surface area contributed by atoms with Gasteiger partial charge in [0.15, 0.2) is 0 Å². The van der Waals surface area contributed by atoms with E-state index in [0.717, 1.165) is 11.1 Å². The summed E-state index contributed by atoms with van der Waals surface area (Å²) >= 11 is 0. The van der Waals surface area contributed by atoms with Gasteiger partial charge in [0.1, 0.15) is 0 Å². The average Bonchev–Trinajstić information content (AvgIpc) is 2.15. The highest BCUT2D eigenvalue weighted by atomic mass is 16.3. The minimum atomic E-state index is -0.375. The molecule has 1 aromatic rings. The monoisotopic (exact) mass is 221 g/mol. The van der Waals surface area contributed by atoms with Crippen molar-refractivity contribution in [3.8, 4) is 0 Å². The Balaban J connectivity index is 2.59. The first-order valence-electron chi connectivity index (χ1n) is 5.53. The van der Waals surface area contributed by atoms with Crippen molar-refractivity contribution < 1.29 is 9.90 Å². The largest absolute Gasteiger partial charge is 0.393 e. The minimum absolute atomic E-state index is 0.0764. The first kappa shape index (κ1) is 12.7. The van der Waals surface area contributed by atoms with E-state index in [9.17, 15) is 4.79 Å². The van der Waals surface area contributed by atoms with Crippen molar-refractivity contribution in [3.63, 3.8) is 0 Å². The quantitative estimate of drug-likeness (QED) is 0.814. The molecule has 1 amide bonds. The number of rotatable bonds is 4. The summed E-state index contributed by atoms with van der Waals surface area (Å²) in [7, 11) is 0.